The van der Waals surface area contributed by atoms with Crippen molar-refractivity contribution < 1.29 is 18.8 Å². The molecule has 26 heavy (non-hydrogen) atoms. The quantitative estimate of drug-likeness (QED) is 0.911. The van der Waals surface area contributed by atoms with Crippen LogP contribution in [0.25, 0.3) is 11.3 Å². The first-order valence-electron chi connectivity index (χ1n) is 8.97. The number of hydrogen-bond donors (Lipinski definition) is 1. The molecule has 7 heteroatoms. The van der Waals surface area contributed by atoms with Gasteiger partial charge in [0.1, 0.15) is 6.10 Å². The molecular formula is C19H21N3O4. The Bertz CT molecular complexity index is 845. The molecule has 2 amide bonds. The van der Waals surface area contributed by atoms with Crippen molar-refractivity contribution in [3.63, 3.8) is 0 Å². The molecule has 2 aliphatic rings. The molecule has 1 saturated heterocycles. The highest BCUT2D eigenvalue weighted by molar-refractivity contribution is 5.90. The molecule has 0 radical (unpaired) electrons. The van der Waals surface area contributed by atoms with Crippen LogP contribution >= 0.6 is 0 Å². The van der Waals surface area contributed by atoms with Crippen molar-refractivity contribution in [1.82, 2.24) is 10.5 Å². The van der Waals surface area contributed by atoms with Crippen molar-refractivity contribution in [2.45, 2.75) is 38.7 Å². The third-order valence-corrected chi connectivity index (χ3v) is 4.90. The Morgan fingerprint density at radius 3 is 3.04 bits per heavy atom. The number of carbonyl (C=O) groups is 2. The fourth-order valence-electron chi connectivity index (χ4n) is 3.50. The molecule has 0 bridgehead atoms. The van der Waals surface area contributed by atoms with E-state index in [4.69, 9.17) is 9.26 Å². The largest absolute Gasteiger partial charge is 0.442 e. The summed E-state index contributed by atoms with van der Waals surface area (Å²) in [6.45, 7) is 2.55. The standard InChI is InChI=1S/C19H21N3O4/c1-2-17(23)20-10-15-11-22(19(24)25-15)14-6-7-16-12(8-14)4-3-5-13-9-21-26-18(13)16/h6-9,15H,2-5,10-11H2,1H3,(H,20,23)/t15-/m0/s1. The van der Waals surface area contributed by atoms with Crippen molar-refractivity contribution in [1.29, 1.82) is 0 Å². The van der Waals surface area contributed by atoms with Gasteiger partial charge in [0.15, 0.2) is 5.76 Å². The Labute approximate surface area is 151 Å². The summed E-state index contributed by atoms with van der Waals surface area (Å²) in [7, 11) is 0. The first kappa shape index (κ1) is 16.6. The third kappa shape index (κ3) is 3.05. The number of cyclic esters (lactones) is 1. The Kier molecular flexibility index (Phi) is 4.36. The number of aromatic nitrogens is 1. The number of ether oxygens (including phenoxy) is 1. The maximum absolute atomic E-state index is 12.3. The number of fused-ring (bicyclic) bond motifs is 3. The molecule has 136 valence electrons. The van der Waals surface area contributed by atoms with Gasteiger partial charge in [-0.05, 0) is 43.0 Å². The van der Waals surface area contributed by atoms with Crippen LogP contribution in [-0.2, 0) is 22.4 Å². The van der Waals surface area contributed by atoms with Crippen molar-refractivity contribution >= 4 is 17.7 Å². The van der Waals surface area contributed by atoms with Gasteiger partial charge in [0, 0.05) is 23.2 Å². The predicted molar refractivity (Wildman–Crippen MR) is 94.9 cm³/mol. The van der Waals surface area contributed by atoms with Gasteiger partial charge in [0.05, 0.1) is 19.3 Å². The summed E-state index contributed by atoms with van der Waals surface area (Å²) in [5.41, 5.74) is 4.12. The zero-order chi connectivity index (χ0) is 18.1. The Hall–Kier alpha value is -2.83. The highest BCUT2D eigenvalue weighted by Crippen LogP contribution is 2.35. The number of nitrogens with one attached hydrogen (secondary N) is 1. The Morgan fingerprint density at radius 1 is 1.35 bits per heavy atom. The van der Waals surface area contributed by atoms with E-state index in [2.05, 4.69) is 10.5 Å². The number of carbonyl (C=O) groups excluding carboxylic acids is 2. The second-order valence-electron chi connectivity index (χ2n) is 6.65. The summed E-state index contributed by atoms with van der Waals surface area (Å²) < 4.78 is 10.8. The van der Waals surface area contributed by atoms with Gasteiger partial charge in [-0.2, -0.15) is 0 Å². The average molecular weight is 355 g/mol. The van der Waals surface area contributed by atoms with Crippen LogP contribution in [0, 0.1) is 0 Å². The number of benzene rings is 1. The van der Waals surface area contributed by atoms with Gasteiger partial charge in [-0.1, -0.05) is 12.1 Å². The van der Waals surface area contributed by atoms with Crippen molar-refractivity contribution in [3.05, 3.63) is 35.5 Å². The van der Waals surface area contributed by atoms with E-state index in [-0.39, 0.29) is 18.1 Å². The SMILES string of the molecule is CCC(=O)NC[C@H]1CN(c2ccc3c(c2)CCCc2cnoc2-3)C(=O)O1. The van der Waals surface area contributed by atoms with Gasteiger partial charge in [-0.15, -0.1) is 0 Å². The molecule has 2 heterocycles. The van der Waals surface area contributed by atoms with Gasteiger partial charge in [0.2, 0.25) is 5.91 Å². The first-order chi connectivity index (χ1) is 12.7. The van der Waals surface area contributed by atoms with Gasteiger partial charge in [-0.3, -0.25) is 9.69 Å². The lowest BCUT2D eigenvalue weighted by atomic mass is 10.0. The highest BCUT2D eigenvalue weighted by Gasteiger charge is 2.33. The lowest BCUT2D eigenvalue weighted by molar-refractivity contribution is -0.121. The molecule has 4 rings (SSSR count). The summed E-state index contributed by atoms with van der Waals surface area (Å²) >= 11 is 0. The lowest BCUT2D eigenvalue weighted by Crippen LogP contribution is -2.34. The number of aryl methyl sites for hydroxylation is 2. The zero-order valence-corrected chi connectivity index (χ0v) is 14.7. The van der Waals surface area contributed by atoms with Crippen molar-refractivity contribution in [3.8, 4) is 11.3 Å². The van der Waals surface area contributed by atoms with E-state index in [1.165, 1.54) is 0 Å². The second kappa shape index (κ2) is 6.82. The minimum absolute atomic E-state index is 0.0487. The van der Waals surface area contributed by atoms with E-state index in [1.54, 1.807) is 18.0 Å². The number of rotatable bonds is 4. The van der Waals surface area contributed by atoms with E-state index in [0.717, 1.165) is 47.4 Å². The maximum atomic E-state index is 12.3. The topological polar surface area (TPSA) is 84.7 Å². The number of hydrogen-bond acceptors (Lipinski definition) is 5. The van der Waals surface area contributed by atoms with E-state index >= 15 is 0 Å². The van der Waals surface area contributed by atoms with Gasteiger partial charge in [-0.25, -0.2) is 4.79 Å². The molecule has 1 aliphatic heterocycles. The molecule has 1 atom stereocenters. The molecule has 2 aromatic rings. The smallest absolute Gasteiger partial charge is 0.414 e. The van der Waals surface area contributed by atoms with Crippen LogP contribution in [0.3, 0.4) is 0 Å². The van der Waals surface area contributed by atoms with Crippen molar-refractivity contribution in [2.24, 2.45) is 0 Å². The summed E-state index contributed by atoms with van der Waals surface area (Å²) in [5.74, 6) is 0.778. The van der Waals surface area contributed by atoms with Crippen LogP contribution in [0.2, 0.25) is 0 Å². The maximum Gasteiger partial charge on any atom is 0.414 e. The van der Waals surface area contributed by atoms with Crippen LogP contribution in [0.5, 0.6) is 0 Å². The molecule has 0 saturated carbocycles. The fourth-order valence-corrected chi connectivity index (χ4v) is 3.50. The predicted octanol–water partition coefficient (Wildman–Crippen LogP) is 2.68. The highest BCUT2D eigenvalue weighted by atomic mass is 16.6. The zero-order valence-electron chi connectivity index (χ0n) is 14.7. The number of amides is 2. The third-order valence-electron chi connectivity index (χ3n) is 4.90. The summed E-state index contributed by atoms with van der Waals surface area (Å²) in [5, 5.41) is 6.68. The number of nitrogens with zero attached hydrogens (tertiary/aromatic N) is 2. The van der Waals surface area contributed by atoms with Gasteiger partial charge in [0.25, 0.3) is 0 Å². The van der Waals surface area contributed by atoms with E-state index in [0.29, 0.717) is 19.5 Å². The average Bonchev–Trinajstić information content (AvgIpc) is 3.22. The van der Waals surface area contributed by atoms with Crippen LogP contribution in [0.1, 0.15) is 30.9 Å². The minimum atomic E-state index is -0.380. The van der Waals surface area contributed by atoms with E-state index in [1.807, 2.05) is 18.2 Å². The molecule has 7 nitrogen and oxygen atoms in total. The Morgan fingerprint density at radius 2 is 2.19 bits per heavy atom. The number of anilines is 1. The molecule has 1 aromatic carbocycles. The normalized spacial score (nSPS) is 18.7. The van der Waals surface area contributed by atoms with Crippen molar-refractivity contribution in [2.75, 3.05) is 18.0 Å². The molecular weight excluding hydrogens is 334 g/mol. The van der Waals surface area contributed by atoms with Gasteiger partial charge >= 0.3 is 6.09 Å². The Balaban J connectivity index is 1.53. The summed E-state index contributed by atoms with van der Waals surface area (Å²) in [4.78, 5) is 25.3. The molecule has 0 spiro atoms. The van der Waals surface area contributed by atoms with E-state index < -0.39 is 0 Å². The molecule has 1 aliphatic carbocycles. The van der Waals surface area contributed by atoms with Crippen LogP contribution < -0.4 is 10.2 Å². The fraction of sp³-hybridized carbons (Fsp3) is 0.421. The first-order valence-corrected chi connectivity index (χ1v) is 8.97. The lowest BCUT2D eigenvalue weighted by Gasteiger charge is -2.15. The molecule has 1 fully saturated rings. The second-order valence-corrected chi connectivity index (χ2v) is 6.65. The molecule has 1 aromatic heterocycles. The summed E-state index contributed by atoms with van der Waals surface area (Å²) in [6.07, 6.45) is 4.36. The van der Waals surface area contributed by atoms with Gasteiger partial charge < -0.3 is 14.6 Å². The molecule has 0 unspecified atom stereocenters. The summed E-state index contributed by atoms with van der Waals surface area (Å²) in [6, 6.07) is 5.92. The van der Waals surface area contributed by atoms with E-state index in [9.17, 15) is 9.59 Å². The monoisotopic (exact) mass is 355 g/mol. The molecule has 1 N–H and O–H groups in total. The van der Waals surface area contributed by atoms with Crippen LogP contribution in [-0.4, -0.2) is 36.4 Å². The van der Waals surface area contributed by atoms with Crippen LogP contribution in [0.4, 0.5) is 10.5 Å². The minimum Gasteiger partial charge on any atom is -0.442 e. The van der Waals surface area contributed by atoms with Crippen LogP contribution in [0.15, 0.2) is 28.9 Å².